The lowest BCUT2D eigenvalue weighted by molar-refractivity contribution is 0.370. The molecule has 2 aliphatic heterocycles. The SMILES string of the molecule is CCNC(=NCCc1csc(N2CCCC2)n1)N1CCN(c2ncccn2)CC1. The first kappa shape index (κ1) is 19.9. The topological polar surface area (TPSA) is 72.8 Å². The summed E-state index contributed by atoms with van der Waals surface area (Å²) in [5, 5.41) is 6.81. The molecule has 0 saturated carbocycles. The molecule has 29 heavy (non-hydrogen) atoms. The summed E-state index contributed by atoms with van der Waals surface area (Å²) in [5.41, 5.74) is 1.16. The molecular weight excluding hydrogens is 384 g/mol. The number of aliphatic imine (C=N–C) groups is 1. The van der Waals surface area contributed by atoms with Gasteiger partial charge >= 0.3 is 0 Å². The Kier molecular flexibility index (Phi) is 6.76. The highest BCUT2D eigenvalue weighted by molar-refractivity contribution is 7.13. The van der Waals surface area contributed by atoms with Gasteiger partial charge in [-0.25, -0.2) is 15.0 Å². The molecule has 2 aliphatic rings. The summed E-state index contributed by atoms with van der Waals surface area (Å²) in [6, 6.07) is 1.85. The Hall–Kier alpha value is -2.42. The lowest BCUT2D eigenvalue weighted by Gasteiger charge is -2.36. The van der Waals surface area contributed by atoms with Crippen LogP contribution in [0.1, 0.15) is 25.5 Å². The van der Waals surface area contributed by atoms with Crippen LogP contribution >= 0.6 is 11.3 Å². The van der Waals surface area contributed by atoms with Gasteiger partial charge in [-0.05, 0) is 25.8 Å². The minimum Gasteiger partial charge on any atom is -0.357 e. The molecule has 0 radical (unpaired) electrons. The molecular formula is C20H30N8S. The van der Waals surface area contributed by atoms with Gasteiger partial charge in [0.15, 0.2) is 11.1 Å². The molecule has 0 atom stereocenters. The number of thiazole rings is 1. The van der Waals surface area contributed by atoms with Gasteiger partial charge in [-0.1, -0.05) is 0 Å². The quantitative estimate of drug-likeness (QED) is 0.571. The van der Waals surface area contributed by atoms with Crippen LogP contribution in [0.4, 0.5) is 11.1 Å². The fourth-order valence-corrected chi connectivity index (χ4v) is 4.65. The van der Waals surface area contributed by atoms with Gasteiger partial charge in [0.25, 0.3) is 0 Å². The molecule has 0 amide bonds. The Labute approximate surface area is 176 Å². The third-order valence-electron chi connectivity index (χ3n) is 5.29. The van der Waals surface area contributed by atoms with Crippen LogP contribution in [0.3, 0.4) is 0 Å². The Bertz CT molecular complexity index is 779. The van der Waals surface area contributed by atoms with Crippen molar-refractivity contribution in [2.24, 2.45) is 4.99 Å². The summed E-state index contributed by atoms with van der Waals surface area (Å²) < 4.78 is 0. The Morgan fingerprint density at radius 1 is 1.07 bits per heavy atom. The molecule has 4 rings (SSSR count). The van der Waals surface area contributed by atoms with Crippen molar-refractivity contribution in [1.82, 2.24) is 25.2 Å². The maximum absolute atomic E-state index is 4.87. The van der Waals surface area contributed by atoms with Gasteiger partial charge < -0.3 is 20.0 Å². The third kappa shape index (κ3) is 5.14. The van der Waals surface area contributed by atoms with E-state index in [1.807, 2.05) is 6.07 Å². The molecule has 0 bridgehead atoms. The van der Waals surface area contributed by atoms with E-state index in [1.54, 1.807) is 23.7 Å². The minimum atomic E-state index is 0.757. The van der Waals surface area contributed by atoms with Crippen molar-refractivity contribution in [3.05, 3.63) is 29.5 Å². The maximum Gasteiger partial charge on any atom is 0.225 e. The number of nitrogens with zero attached hydrogens (tertiary/aromatic N) is 7. The van der Waals surface area contributed by atoms with Crippen molar-refractivity contribution in [3.8, 4) is 0 Å². The summed E-state index contributed by atoms with van der Waals surface area (Å²) in [5.74, 6) is 1.81. The number of anilines is 2. The van der Waals surface area contributed by atoms with Crippen LogP contribution in [-0.4, -0.2) is 78.2 Å². The highest BCUT2D eigenvalue weighted by Crippen LogP contribution is 2.24. The average Bonchev–Trinajstić information content (AvgIpc) is 3.46. The van der Waals surface area contributed by atoms with Gasteiger partial charge in [0.05, 0.1) is 5.69 Å². The van der Waals surface area contributed by atoms with Gasteiger partial charge in [-0.15, -0.1) is 11.3 Å². The number of aromatic nitrogens is 3. The summed E-state index contributed by atoms with van der Waals surface area (Å²) in [4.78, 5) is 25.4. The summed E-state index contributed by atoms with van der Waals surface area (Å²) in [7, 11) is 0. The molecule has 156 valence electrons. The van der Waals surface area contributed by atoms with Crippen LogP contribution in [0.25, 0.3) is 0 Å². The van der Waals surface area contributed by atoms with Crippen LogP contribution < -0.4 is 15.1 Å². The van der Waals surface area contributed by atoms with E-state index in [0.717, 1.165) is 76.4 Å². The van der Waals surface area contributed by atoms with Crippen molar-refractivity contribution < 1.29 is 0 Å². The molecule has 2 saturated heterocycles. The van der Waals surface area contributed by atoms with Gasteiger partial charge in [-0.2, -0.15) is 0 Å². The van der Waals surface area contributed by atoms with Gasteiger partial charge in [-0.3, -0.25) is 4.99 Å². The normalized spacial score (nSPS) is 17.8. The minimum absolute atomic E-state index is 0.757. The fraction of sp³-hybridized carbons (Fsp3) is 0.600. The molecule has 8 nitrogen and oxygen atoms in total. The van der Waals surface area contributed by atoms with E-state index in [-0.39, 0.29) is 0 Å². The van der Waals surface area contributed by atoms with Crippen LogP contribution in [0.15, 0.2) is 28.8 Å². The molecule has 2 aromatic rings. The van der Waals surface area contributed by atoms with Crippen LogP contribution in [0.2, 0.25) is 0 Å². The van der Waals surface area contributed by atoms with Crippen molar-refractivity contribution in [2.45, 2.75) is 26.2 Å². The second kappa shape index (κ2) is 9.87. The highest BCUT2D eigenvalue weighted by Gasteiger charge is 2.21. The second-order valence-electron chi connectivity index (χ2n) is 7.32. The number of rotatable bonds is 6. The van der Waals surface area contributed by atoms with E-state index in [2.05, 4.69) is 42.3 Å². The van der Waals surface area contributed by atoms with Crippen LogP contribution in [-0.2, 0) is 6.42 Å². The van der Waals surface area contributed by atoms with Gasteiger partial charge in [0.2, 0.25) is 5.95 Å². The first-order valence-corrected chi connectivity index (χ1v) is 11.5. The summed E-state index contributed by atoms with van der Waals surface area (Å²) in [6.07, 6.45) is 7.06. The molecule has 2 aromatic heterocycles. The highest BCUT2D eigenvalue weighted by atomic mass is 32.1. The standard InChI is InChI=1S/C20H30N8S/c1-2-21-18(26-12-14-27(15-13-26)19-22-7-5-8-23-19)24-9-6-17-16-29-20(25-17)28-10-3-4-11-28/h5,7-8,16H,2-4,6,9-15H2,1H3,(H,21,24). The lowest BCUT2D eigenvalue weighted by Crippen LogP contribution is -2.53. The van der Waals surface area contributed by atoms with Crippen molar-refractivity contribution in [3.63, 3.8) is 0 Å². The van der Waals surface area contributed by atoms with Gasteiger partial charge in [0, 0.05) is 76.6 Å². The number of hydrogen-bond donors (Lipinski definition) is 1. The fourth-order valence-electron chi connectivity index (χ4n) is 3.74. The molecule has 0 spiro atoms. The molecule has 0 unspecified atom stereocenters. The van der Waals surface area contributed by atoms with E-state index >= 15 is 0 Å². The molecule has 1 N–H and O–H groups in total. The molecule has 0 aliphatic carbocycles. The molecule has 0 aromatic carbocycles. The van der Waals surface area contributed by atoms with E-state index < -0.39 is 0 Å². The van der Waals surface area contributed by atoms with Gasteiger partial charge in [0.1, 0.15) is 0 Å². The summed E-state index contributed by atoms with van der Waals surface area (Å²) >= 11 is 1.77. The zero-order valence-corrected chi connectivity index (χ0v) is 17.9. The Morgan fingerprint density at radius 3 is 2.55 bits per heavy atom. The Morgan fingerprint density at radius 2 is 1.83 bits per heavy atom. The largest absolute Gasteiger partial charge is 0.357 e. The lowest BCUT2D eigenvalue weighted by atomic mass is 10.3. The second-order valence-corrected chi connectivity index (χ2v) is 8.16. The third-order valence-corrected chi connectivity index (χ3v) is 6.25. The smallest absolute Gasteiger partial charge is 0.225 e. The molecule has 9 heteroatoms. The first-order chi connectivity index (χ1) is 14.3. The number of guanidine groups is 1. The Balaban J connectivity index is 1.30. The maximum atomic E-state index is 4.87. The predicted molar refractivity (Wildman–Crippen MR) is 119 cm³/mol. The molecule has 4 heterocycles. The number of nitrogens with one attached hydrogen (secondary N) is 1. The predicted octanol–water partition coefficient (Wildman–Crippen LogP) is 1.86. The number of piperazine rings is 1. The van der Waals surface area contributed by atoms with E-state index in [1.165, 1.54) is 18.0 Å². The number of hydrogen-bond acceptors (Lipinski definition) is 7. The van der Waals surface area contributed by atoms with Crippen molar-refractivity contribution in [1.29, 1.82) is 0 Å². The van der Waals surface area contributed by atoms with Crippen LogP contribution in [0.5, 0.6) is 0 Å². The van der Waals surface area contributed by atoms with Crippen molar-refractivity contribution in [2.75, 3.05) is 62.2 Å². The first-order valence-electron chi connectivity index (χ1n) is 10.6. The summed E-state index contributed by atoms with van der Waals surface area (Å²) in [6.45, 7) is 9.68. The van der Waals surface area contributed by atoms with E-state index in [0.29, 0.717) is 0 Å². The van der Waals surface area contributed by atoms with E-state index in [4.69, 9.17) is 9.98 Å². The van der Waals surface area contributed by atoms with E-state index in [9.17, 15) is 0 Å². The monoisotopic (exact) mass is 414 g/mol. The zero-order valence-electron chi connectivity index (χ0n) is 17.1. The van der Waals surface area contributed by atoms with Crippen LogP contribution in [0, 0.1) is 0 Å². The molecule has 2 fully saturated rings. The zero-order chi connectivity index (χ0) is 19.9. The average molecular weight is 415 g/mol. The van der Waals surface area contributed by atoms with Crippen molar-refractivity contribution >= 4 is 28.4 Å².